The van der Waals surface area contributed by atoms with Gasteiger partial charge in [0, 0.05) is 18.7 Å². The monoisotopic (exact) mass is 342 g/mol. The van der Waals surface area contributed by atoms with E-state index in [1.165, 1.54) is 16.4 Å². The zero-order valence-corrected chi connectivity index (χ0v) is 13.9. The van der Waals surface area contributed by atoms with Crippen LogP contribution in [0.1, 0.15) is 23.7 Å². The molecule has 1 atom stereocenters. The largest absolute Gasteiger partial charge is 0.394 e. The summed E-state index contributed by atoms with van der Waals surface area (Å²) in [7, 11) is -3.63. The van der Waals surface area contributed by atoms with Crippen LogP contribution in [0.4, 0.5) is 0 Å². The van der Waals surface area contributed by atoms with Crippen molar-refractivity contribution in [2.75, 3.05) is 32.9 Å². The molecule has 1 aliphatic heterocycles. The van der Waals surface area contributed by atoms with E-state index in [2.05, 4.69) is 5.32 Å². The molecule has 0 aromatic heterocycles. The average Bonchev–Trinajstić information content (AvgIpc) is 2.60. The molecule has 0 saturated carbocycles. The summed E-state index contributed by atoms with van der Waals surface area (Å²) in [6, 6.07) is 5.59. The lowest BCUT2D eigenvalue weighted by Crippen LogP contribution is -2.40. The molecule has 7 nitrogen and oxygen atoms in total. The first-order valence-electron chi connectivity index (χ1n) is 7.58. The summed E-state index contributed by atoms with van der Waals surface area (Å²) in [5, 5.41) is 11.8. The van der Waals surface area contributed by atoms with E-state index in [0.717, 1.165) is 0 Å². The summed E-state index contributed by atoms with van der Waals surface area (Å²) in [5.41, 5.74) is 0.256. The van der Waals surface area contributed by atoms with Crippen molar-refractivity contribution >= 4 is 15.9 Å². The van der Waals surface area contributed by atoms with Gasteiger partial charge in [-0.25, -0.2) is 8.42 Å². The van der Waals surface area contributed by atoms with Gasteiger partial charge < -0.3 is 15.2 Å². The number of rotatable bonds is 6. The molecule has 1 fully saturated rings. The number of carbonyl (C=O) groups is 1. The van der Waals surface area contributed by atoms with Gasteiger partial charge in [-0.2, -0.15) is 4.31 Å². The second-order valence-electron chi connectivity index (χ2n) is 5.31. The van der Waals surface area contributed by atoms with Crippen LogP contribution < -0.4 is 5.32 Å². The second-order valence-corrected chi connectivity index (χ2v) is 7.24. The Labute approximate surface area is 136 Å². The SMILES string of the molecule is CC[C@H](CO)NC(=O)c1cccc(S(=O)(=O)N2CCOCC2)c1. The number of ether oxygens (including phenoxy) is 1. The molecule has 2 N–H and O–H groups in total. The van der Waals surface area contributed by atoms with Crippen LogP contribution in [-0.4, -0.2) is 62.7 Å². The molecule has 0 bridgehead atoms. The summed E-state index contributed by atoms with van der Waals surface area (Å²) in [4.78, 5) is 12.3. The molecule has 1 saturated heterocycles. The lowest BCUT2D eigenvalue weighted by atomic mass is 10.2. The Balaban J connectivity index is 2.20. The number of benzene rings is 1. The molecule has 0 aliphatic carbocycles. The Morgan fingerprint density at radius 3 is 2.70 bits per heavy atom. The highest BCUT2D eigenvalue weighted by atomic mass is 32.2. The molecule has 1 heterocycles. The first-order chi connectivity index (χ1) is 11.0. The highest BCUT2D eigenvalue weighted by molar-refractivity contribution is 7.89. The Bertz CT molecular complexity index is 637. The molecule has 0 spiro atoms. The molecule has 1 aromatic carbocycles. The van der Waals surface area contributed by atoms with Crippen molar-refractivity contribution in [3.8, 4) is 0 Å². The minimum Gasteiger partial charge on any atom is -0.394 e. The highest BCUT2D eigenvalue weighted by Crippen LogP contribution is 2.18. The zero-order valence-electron chi connectivity index (χ0n) is 13.1. The Hall–Kier alpha value is -1.48. The van der Waals surface area contributed by atoms with E-state index in [4.69, 9.17) is 9.84 Å². The average molecular weight is 342 g/mol. The van der Waals surface area contributed by atoms with Crippen LogP contribution in [0.5, 0.6) is 0 Å². The van der Waals surface area contributed by atoms with Gasteiger partial charge in [-0.05, 0) is 24.6 Å². The van der Waals surface area contributed by atoms with Gasteiger partial charge in [0.05, 0.1) is 30.8 Å². The fourth-order valence-electron chi connectivity index (χ4n) is 2.28. The van der Waals surface area contributed by atoms with Crippen molar-refractivity contribution < 1.29 is 23.1 Å². The zero-order chi connectivity index (χ0) is 16.9. The van der Waals surface area contributed by atoms with Gasteiger partial charge in [-0.15, -0.1) is 0 Å². The van der Waals surface area contributed by atoms with E-state index in [-0.39, 0.29) is 23.1 Å². The van der Waals surface area contributed by atoms with E-state index in [1.54, 1.807) is 12.1 Å². The van der Waals surface area contributed by atoms with E-state index < -0.39 is 15.9 Å². The lowest BCUT2D eigenvalue weighted by molar-refractivity contribution is 0.0730. The van der Waals surface area contributed by atoms with Crippen LogP contribution >= 0.6 is 0 Å². The van der Waals surface area contributed by atoms with E-state index in [1.807, 2.05) is 6.92 Å². The number of nitrogens with one attached hydrogen (secondary N) is 1. The molecule has 1 amide bonds. The highest BCUT2D eigenvalue weighted by Gasteiger charge is 2.27. The van der Waals surface area contributed by atoms with Gasteiger partial charge in [0.2, 0.25) is 10.0 Å². The third kappa shape index (κ3) is 4.29. The van der Waals surface area contributed by atoms with Crippen LogP contribution in [0.15, 0.2) is 29.2 Å². The van der Waals surface area contributed by atoms with Crippen molar-refractivity contribution in [1.29, 1.82) is 0 Å². The molecule has 8 heteroatoms. The van der Waals surface area contributed by atoms with Gasteiger partial charge >= 0.3 is 0 Å². The maximum Gasteiger partial charge on any atom is 0.251 e. The molecule has 0 unspecified atom stereocenters. The number of amides is 1. The number of aliphatic hydroxyl groups is 1. The summed E-state index contributed by atoms with van der Waals surface area (Å²) < 4.78 is 31.7. The van der Waals surface area contributed by atoms with Crippen LogP contribution in [0, 0.1) is 0 Å². The number of hydrogen-bond donors (Lipinski definition) is 2. The van der Waals surface area contributed by atoms with Crippen molar-refractivity contribution in [3.05, 3.63) is 29.8 Å². The summed E-state index contributed by atoms with van der Waals surface area (Å²) in [6.07, 6.45) is 0.591. The number of carbonyl (C=O) groups excluding carboxylic acids is 1. The Morgan fingerprint density at radius 1 is 1.39 bits per heavy atom. The molecule has 128 valence electrons. The van der Waals surface area contributed by atoms with E-state index >= 15 is 0 Å². The summed E-state index contributed by atoms with van der Waals surface area (Å²) in [5.74, 6) is -0.398. The van der Waals surface area contributed by atoms with Crippen molar-refractivity contribution in [3.63, 3.8) is 0 Å². The first kappa shape index (κ1) is 17.9. The minimum atomic E-state index is -3.63. The summed E-state index contributed by atoms with van der Waals surface area (Å²) in [6.45, 7) is 3.04. The topological polar surface area (TPSA) is 95.9 Å². The van der Waals surface area contributed by atoms with Crippen LogP contribution in [0.2, 0.25) is 0 Å². The third-order valence-electron chi connectivity index (χ3n) is 3.75. The maximum atomic E-state index is 12.6. The van der Waals surface area contributed by atoms with E-state index in [0.29, 0.717) is 32.7 Å². The number of hydrogen-bond acceptors (Lipinski definition) is 5. The molecule has 2 rings (SSSR count). The molecule has 23 heavy (non-hydrogen) atoms. The summed E-state index contributed by atoms with van der Waals surface area (Å²) >= 11 is 0. The van der Waals surface area contributed by atoms with Crippen LogP contribution in [0.3, 0.4) is 0 Å². The number of aliphatic hydroxyl groups excluding tert-OH is 1. The van der Waals surface area contributed by atoms with Gasteiger partial charge in [0.1, 0.15) is 0 Å². The fraction of sp³-hybridized carbons (Fsp3) is 0.533. The van der Waals surface area contributed by atoms with Crippen LogP contribution in [-0.2, 0) is 14.8 Å². The quantitative estimate of drug-likeness (QED) is 0.770. The molecular formula is C15H22N2O5S. The van der Waals surface area contributed by atoms with E-state index in [9.17, 15) is 13.2 Å². The fourth-order valence-corrected chi connectivity index (χ4v) is 3.73. The maximum absolute atomic E-state index is 12.6. The van der Waals surface area contributed by atoms with Gasteiger partial charge in [0.25, 0.3) is 5.91 Å². The predicted octanol–water partition coefficient (Wildman–Crippen LogP) is 0.208. The number of nitrogens with zero attached hydrogens (tertiary/aromatic N) is 1. The van der Waals surface area contributed by atoms with Crippen molar-refractivity contribution in [1.82, 2.24) is 9.62 Å². The van der Waals surface area contributed by atoms with Crippen molar-refractivity contribution in [2.45, 2.75) is 24.3 Å². The minimum absolute atomic E-state index is 0.0871. The van der Waals surface area contributed by atoms with Gasteiger partial charge in [-0.3, -0.25) is 4.79 Å². The molecule has 1 aromatic rings. The van der Waals surface area contributed by atoms with Crippen molar-refractivity contribution in [2.24, 2.45) is 0 Å². The molecule has 0 radical (unpaired) electrons. The standard InChI is InChI=1S/C15H22N2O5S/c1-2-13(11-18)16-15(19)12-4-3-5-14(10-12)23(20,21)17-6-8-22-9-7-17/h3-5,10,13,18H,2,6-9,11H2,1H3,(H,16,19)/t13-/m1/s1. The Kier molecular flexibility index (Phi) is 6.11. The molecular weight excluding hydrogens is 320 g/mol. The number of sulfonamides is 1. The first-order valence-corrected chi connectivity index (χ1v) is 9.02. The lowest BCUT2D eigenvalue weighted by Gasteiger charge is -2.26. The van der Waals surface area contributed by atoms with Crippen LogP contribution in [0.25, 0.3) is 0 Å². The third-order valence-corrected chi connectivity index (χ3v) is 5.65. The smallest absolute Gasteiger partial charge is 0.251 e. The van der Waals surface area contributed by atoms with Gasteiger partial charge in [-0.1, -0.05) is 13.0 Å². The molecule has 1 aliphatic rings. The predicted molar refractivity (Wildman–Crippen MR) is 84.7 cm³/mol. The second kappa shape index (κ2) is 7.87. The normalized spacial score (nSPS) is 17.7. The Morgan fingerprint density at radius 2 is 2.09 bits per heavy atom. The number of morpholine rings is 1. The van der Waals surface area contributed by atoms with Gasteiger partial charge in [0.15, 0.2) is 0 Å².